The highest BCUT2D eigenvalue weighted by Crippen LogP contribution is 2.26. The number of hydrogen-bond acceptors (Lipinski definition) is 5. The molecule has 1 aromatic carbocycles. The van der Waals surface area contributed by atoms with Crippen LogP contribution in [-0.2, 0) is 5.41 Å². The number of rotatable bonds is 4. The summed E-state index contributed by atoms with van der Waals surface area (Å²) >= 11 is 0. The molecular weight excluding hydrogens is 290 g/mol. The minimum Gasteiger partial charge on any atom is -0.408 e. The van der Waals surface area contributed by atoms with Crippen molar-refractivity contribution >= 4 is 6.01 Å². The highest BCUT2D eigenvalue weighted by atomic mass is 16.4. The van der Waals surface area contributed by atoms with Crippen LogP contribution in [0, 0.1) is 0 Å². The Kier molecular flexibility index (Phi) is 3.90. The van der Waals surface area contributed by atoms with Crippen LogP contribution >= 0.6 is 0 Å². The molecule has 0 aliphatic heterocycles. The van der Waals surface area contributed by atoms with Gasteiger partial charge in [-0.3, -0.25) is 0 Å². The van der Waals surface area contributed by atoms with Gasteiger partial charge in [-0.15, -0.1) is 5.10 Å². The molecule has 2 aromatic heterocycles. The van der Waals surface area contributed by atoms with Crippen molar-refractivity contribution in [3.63, 3.8) is 0 Å². The van der Waals surface area contributed by atoms with Crippen molar-refractivity contribution in [3.05, 3.63) is 54.2 Å². The molecule has 0 saturated heterocycles. The number of nitrogens with one attached hydrogen (secondary N) is 1. The highest BCUT2D eigenvalue weighted by Gasteiger charge is 2.22. The maximum absolute atomic E-state index is 5.72. The lowest BCUT2D eigenvalue weighted by Crippen LogP contribution is -2.12. The van der Waals surface area contributed by atoms with Gasteiger partial charge in [0.05, 0.1) is 11.7 Å². The number of anilines is 1. The predicted octanol–water partition coefficient (Wildman–Crippen LogP) is 3.73. The van der Waals surface area contributed by atoms with E-state index >= 15 is 0 Å². The van der Waals surface area contributed by atoms with Crippen molar-refractivity contribution in [3.8, 4) is 5.69 Å². The maximum atomic E-state index is 5.72. The van der Waals surface area contributed by atoms with Crippen LogP contribution in [0.15, 0.2) is 47.1 Å². The van der Waals surface area contributed by atoms with Gasteiger partial charge < -0.3 is 9.73 Å². The molecular formula is C17H21N5O. The molecule has 6 heteroatoms. The summed E-state index contributed by atoms with van der Waals surface area (Å²) in [4.78, 5) is 0. The Balaban J connectivity index is 1.84. The van der Waals surface area contributed by atoms with Crippen LogP contribution in [0.3, 0.4) is 0 Å². The second-order valence-corrected chi connectivity index (χ2v) is 6.54. The quantitative estimate of drug-likeness (QED) is 0.795. The molecule has 0 aliphatic rings. The first-order valence-corrected chi connectivity index (χ1v) is 7.64. The van der Waals surface area contributed by atoms with E-state index in [9.17, 15) is 0 Å². The van der Waals surface area contributed by atoms with Gasteiger partial charge in [0, 0.05) is 17.8 Å². The van der Waals surface area contributed by atoms with Crippen LogP contribution < -0.4 is 5.32 Å². The summed E-state index contributed by atoms with van der Waals surface area (Å²) in [7, 11) is 0. The van der Waals surface area contributed by atoms with Crippen LogP contribution in [-0.4, -0.2) is 20.0 Å². The summed E-state index contributed by atoms with van der Waals surface area (Å²) in [5, 5.41) is 15.8. The van der Waals surface area contributed by atoms with E-state index in [1.54, 1.807) is 6.20 Å². The van der Waals surface area contributed by atoms with Crippen molar-refractivity contribution in [1.29, 1.82) is 0 Å². The molecule has 0 unspecified atom stereocenters. The molecule has 2 heterocycles. The van der Waals surface area contributed by atoms with Gasteiger partial charge in [0.1, 0.15) is 0 Å². The van der Waals surface area contributed by atoms with Crippen molar-refractivity contribution in [1.82, 2.24) is 20.0 Å². The van der Waals surface area contributed by atoms with Gasteiger partial charge in [-0.1, -0.05) is 44.1 Å². The summed E-state index contributed by atoms with van der Waals surface area (Å²) in [6, 6.07) is 10.4. The molecule has 0 spiro atoms. The van der Waals surface area contributed by atoms with Gasteiger partial charge in [0.25, 0.3) is 0 Å². The Morgan fingerprint density at radius 3 is 2.57 bits per heavy atom. The first-order valence-electron chi connectivity index (χ1n) is 7.64. The lowest BCUT2D eigenvalue weighted by atomic mass is 9.97. The SMILES string of the molecule is C[C@@H](Nc1nnc(C(C)(C)C)o1)c1ccccc1-n1cccn1. The largest absolute Gasteiger partial charge is 0.408 e. The zero-order valence-corrected chi connectivity index (χ0v) is 13.8. The van der Waals surface area contributed by atoms with Gasteiger partial charge in [-0.2, -0.15) is 5.10 Å². The first kappa shape index (κ1) is 15.3. The molecule has 1 N–H and O–H groups in total. The van der Waals surface area contributed by atoms with E-state index < -0.39 is 0 Å². The number of hydrogen-bond donors (Lipinski definition) is 1. The lowest BCUT2D eigenvalue weighted by Gasteiger charge is -2.17. The second kappa shape index (κ2) is 5.87. The zero-order chi connectivity index (χ0) is 16.4. The fraction of sp³-hybridized carbons (Fsp3) is 0.353. The molecule has 23 heavy (non-hydrogen) atoms. The molecule has 0 saturated carbocycles. The molecule has 3 rings (SSSR count). The molecule has 0 amide bonds. The number of nitrogens with zero attached hydrogens (tertiary/aromatic N) is 4. The van der Waals surface area contributed by atoms with Crippen LogP contribution in [0.25, 0.3) is 5.69 Å². The monoisotopic (exact) mass is 311 g/mol. The molecule has 0 aliphatic carbocycles. The highest BCUT2D eigenvalue weighted by molar-refractivity contribution is 5.44. The Bertz CT molecular complexity index is 770. The molecule has 1 atom stereocenters. The number of aromatic nitrogens is 4. The molecule has 6 nitrogen and oxygen atoms in total. The van der Waals surface area contributed by atoms with Crippen LogP contribution in [0.2, 0.25) is 0 Å². The predicted molar refractivity (Wildman–Crippen MR) is 88.6 cm³/mol. The Morgan fingerprint density at radius 1 is 1.13 bits per heavy atom. The molecule has 0 radical (unpaired) electrons. The average molecular weight is 311 g/mol. The lowest BCUT2D eigenvalue weighted by molar-refractivity contribution is 0.398. The van der Waals surface area contributed by atoms with Crippen molar-refractivity contribution in [2.75, 3.05) is 5.32 Å². The van der Waals surface area contributed by atoms with Crippen LogP contribution in [0.4, 0.5) is 6.01 Å². The number of benzene rings is 1. The third-order valence-corrected chi connectivity index (χ3v) is 3.56. The van der Waals surface area contributed by atoms with Crippen LogP contribution in [0.5, 0.6) is 0 Å². The minimum absolute atomic E-state index is 0.00340. The van der Waals surface area contributed by atoms with Crippen molar-refractivity contribution < 1.29 is 4.42 Å². The maximum Gasteiger partial charge on any atom is 0.315 e. The standard InChI is InChI=1S/C17H21N5O/c1-12(19-16-21-20-15(23-16)17(2,3)4)13-8-5-6-9-14(13)22-11-7-10-18-22/h5-12H,1-4H3,(H,19,21)/t12-/m1/s1. The van der Waals surface area contributed by atoms with Crippen molar-refractivity contribution in [2.45, 2.75) is 39.2 Å². The fourth-order valence-electron chi connectivity index (χ4n) is 2.32. The average Bonchev–Trinajstić information content (AvgIpc) is 3.18. The smallest absolute Gasteiger partial charge is 0.315 e. The normalized spacial score (nSPS) is 13.0. The fourth-order valence-corrected chi connectivity index (χ4v) is 2.32. The topological polar surface area (TPSA) is 68.8 Å². The summed E-state index contributed by atoms with van der Waals surface area (Å²) in [6.07, 6.45) is 3.69. The van der Waals surface area contributed by atoms with E-state index in [4.69, 9.17) is 4.42 Å². The molecule has 120 valence electrons. The summed E-state index contributed by atoms with van der Waals surface area (Å²) < 4.78 is 7.56. The summed E-state index contributed by atoms with van der Waals surface area (Å²) in [5.41, 5.74) is 1.96. The van der Waals surface area contributed by atoms with Gasteiger partial charge in [-0.25, -0.2) is 4.68 Å². The molecule has 3 aromatic rings. The minimum atomic E-state index is -0.164. The summed E-state index contributed by atoms with van der Waals surface area (Å²) in [6.45, 7) is 8.19. The third-order valence-electron chi connectivity index (χ3n) is 3.56. The van der Waals surface area contributed by atoms with Crippen molar-refractivity contribution in [2.24, 2.45) is 0 Å². The van der Waals surface area contributed by atoms with E-state index in [0.717, 1.165) is 11.3 Å². The third kappa shape index (κ3) is 3.26. The second-order valence-electron chi connectivity index (χ2n) is 6.54. The summed E-state index contributed by atoms with van der Waals surface area (Å²) in [5.74, 6) is 0.618. The van der Waals surface area contributed by atoms with Gasteiger partial charge in [0.2, 0.25) is 5.89 Å². The van der Waals surface area contributed by atoms with E-state index in [1.807, 2.05) is 55.9 Å². The Hall–Kier alpha value is -2.63. The molecule has 0 fully saturated rings. The first-order chi connectivity index (χ1) is 10.9. The van der Waals surface area contributed by atoms with E-state index in [-0.39, 0.29) is 11.5 Å². The molecule has 0 bridgehead atoms. The van der Waals surface area contributed by atoms with Gasteiger partial charge in [-0.05, 0) is 24.6 Å². The van der Waals surface area contributed by atoms with E-state index in [0.29, 0.717) is 11.9 Å². The van der Waals surface area contributed by atoms with Gasteiger partial charge in [0.15, 0.2) is 0 Å². The zero-order valence-electron chi connectivity index (χ0n) is 13.8. The van der Waals surface area contributed by atoms with Crippen LogP contribution in [0.1, 0.15) is 45.2 Å². The Labute approximate surface area is 135 Å². The Morgan fingerprint density at radius 2 is 1.91 bits per heavy atom. The number of para-hydroxylation sites is 1. The van der Waals surface area contributed by atoms with E-state index in [1.165, 1.54) is 0 Å². The van der Waals surface area contributed by atoms with Gasteiger partial charge >= 0.3 is 6.01 Å². The van der Waals surface area contributed by atoms with E-state index in [2.05, 4.69) is 33.6 Å².